The molecule has 4 rings (SSSR count). The van der Waals surface area contributed by atoms with E-state index in [4.69, 9.17) is 10.5 Å². The van der Waals surface area contributed by atoms with Gasteiger partial charge in [0.05, 0.1) is 18.2 Å². The number of piperidine rings is 1. The number of hydrogen-bond acceptors (Lipinski definition) is 6. The molecule has 5 N–H and O–H groups in total. The maximum atomic E-state index is 14.6. The topological polar surface area (TPSA) is 160 Å². The molecule has 0 spiro atoms. The lowest BCUT2D eigenvalue weighted by atomic mass is 9.70. The Kier molecular flexibility index (Phi) is 10.4. The first-order valence-corrected chi connectivity index (χ1v) is 16.7. The Balaban J connectivity index is 1.59. The van der Waals surface area contributed by atoms with Crippen LogP contribution in [0.2, 0.25) is 0 Å². The molecule has 1 heterocycles. The van der Waals surface area contributed by atoms with Gasteiger partial charge in [0.2, 0.25) is 17.6 Å². The van der Waals surface area contributed by atoms with Gasteiger partial charge in [0.25, 0.3) is 5.91 Å². The van der Waals surface area contributed by atoms with Crippen molar-refractivity contribution in [2.45, 2.75) is 129 Å². The minimum absolute atomic E-state index is 0.0809. The number of ketones is 1. The first-order chi connectivity index (χ1) is 20.7. The summed E-state index contributed by atoms with van der Waals surface area (Å²) in [6.45, 7) is 11.0. The van der Waals surface area contributed by atoms with Crippen LogP contribution >= 0.6 is 0 Å². The van der Waals surface area contributed by atoms with E-state index in [0.717, 1.165) is 57.8 Å². The smallest absolute Gasteiger partial charge is 0.315 e. The molecule has 0 aromatic rings. The number of Topliss-reactive ketones (excluding diaryl/α,β-unsaturated/α-hetero) is 1. The fourth-order valence-electron chi connectivity index (χ4n) is 8.37. The summed E-state index contributed by atoms with van der Waals surface area (Å²) in [5.74, 6) is -2.27. The normalized spacial score (nSPS) is 28.0. The predicted octanol–water partition coefficient (Wildman–Crippen LogP) is 3.04. The average molecular weight is 618 g/mol. The average Bonchev–Trinajstić information content (AvgIpc) is 3.25. The summed E-state index contributed by atoms with van der Waals surface area (Å²) >= 11 is 0. The number of urea groups is 1. The third-order valence-electron chi connectivity index (χ3n) is 11.3. The molecular weight excluding hydrogens is 562 g/mol. The number of nitrogens with zero attached hydrogens (tertiary/aromatic N) is 1. The largest absolute Gasteiger partial charge is 0.382 e. The Bertz CT molecular complexity index is 1110. The molecule has 1 unspecified atom stereocenters. The first-order valence-electron chi connectivity index (χ1n) is 16.7. The highest BCUT2D eigenvalue weighted by atomic mass is 16.5. The number of likely N-dealkylation sites (tertiary alicyclic amines) is 1. The lowest BCUT2D eigenvalue weighted by molar-refractivity contribution is -0.146. The molecule has 0 bridgehead atoms. The maximum absolute atomic E-state index is 14.6. The van der Waals surface area contributed by atoms with Gasteiger partial charge in [0, 0.05) is 13.7 Å². The number of carbonyl (C=O) groups excluding carboxylic acids is 5. The summed E-state index contributed by atoms with van der Waals surface area (Å²) in [6, 6.07) is -3.06. The van der Waals surface area contributed by atoms with Crippen molar-refractivity contribution in [3.8, 4) is 0 Å². The first kappa shape index (κ1) is 34.2. The summed E-state index contributed by atoms with van der Waals surface area (Å²) in [7, 11) is 1.60. The zero-order valence-corrected chi connectivity index (χ0v) is 27.6. The molecule has 0 radical (unpaired) electrons. The molecule has 6 atom stereocenters. The Morgan fingerprint density at radius 3 is 2.23 bits per heavy atom. The number of carbonyl (C=O) groups is 5. The number of rotatable bonds is 14. The van der Waals surface area contributed by atoms with Crippen molar-refractivity contribution in [2.24, 2.45) is 34.3 Å². The van der Waals surface area contributed by atoms with Crippen LogP contribution in [0.25, 0.3) is 0 Å². The minimum Gasteiger partial charge on any atom is -0.382 e. The van der Waals surface area contributed by atoms with Crippen LogP contribution in [-0.2, 0) is 23.9 Å². The van der Waals surface area contributed by atoms with Gasteiger partial charge in [-0.05, 0) is 61.2 Å². The highest BCUT2D eigenvalue weighted by Gasteiger charge is 2.70. The van der Waals surface area contributed by atoms with Gasteiger partial charge in [-0.25, -0.2) is 4.79 Å². The van der Waals surface area contributed by atoms with E-state index in [-0.39, 0.29) is 29.1 Å². The van der Waals surface area contributed by atoms with Crippen LogP contribution in [-0.4, -0.2) is 78.4 Å². The highest BCUT2D eigenvalue weighted by molar-refractivity contribution is 6.37. The van der Waals surface area contributed by atoms with E-state index in [0.29, 0.717) is 26.0 Å². The second kappa shape index (κ2) is 13.3. The van der Waals surface area contributed by atoms with Gasteiger partial charge in [-0.15, -0.1) is 0 Å². The van der Waals surface area contributed by atoms with Gasteiger partial charge in [0.15, 0.2) is 0 Å². The molecule has 4 aliphatic rings. The van der Waals surface area contributed by atoms with E-state index in [9.17, 15) is 24.0 Å². The van der Waals surface area contributed by atoms with Crippen LogP contribution in [0, 0.1) is 28.6 Å². The number of primary amides is 1. The monoisotopic (exact) mass is 617 g/mol. The van der Waals surface area contributed by atoms with E-state index < -0.39 is 52.7 Å². The Hall–Kier alpha value is -2.69. The number of fused-ring (bicyclic) bond motifs is 1. The van der Waals surface area contributed by atoms with Crippen LogP contribution in [0.3, 0.4) is 0 Å². The van der Waals surface area contributed by atoms with Crippen LogP contribution in [0.15, 0.2) is 0 Å². The molecule has 248 valence electrons. The fraction of sp³-hybridized carbons (Fsp3) is 0.848. The predicted molar refractivity (Wildman–Crippen MR) is 166 cm³/mol. The fourth-order valence-corrected chi connectivity index (χ4v) is 8.37. The molecule has 4 fully saturated rings. The van der Waals surface area contributed by atoms with Crippen molar-refractivity contribution in [2.75, 3.05) is 20.3 Å². The Morgan fingerprint density at radius 2 is 1.68 bits per heavy atom. The zero-order valence-electron chi connectivity index (χ0n) is 27.6. The third kappa shape index (κ3) is 7.07. The molecule has 11 nitrogen and oxygen atoms in total. The van der Waals surface area contributed by atoms with Gasteiger partial charge in [-0.2, -0.15) is 0 Å². The number of methoxy groups -OCH3 is 1. The lowest BCUT2D eigenvalue weighted by Crippen LogP contribution is -2.64. The van der Waals surface area contributed by atoms with Gasteiger partial charge in [-0.1, -0.05) is 72.6 Å². The van der Waals surface area contributed by atoms with Crippen molar-refractivity contribution in [1.82, 2.24) is 20.9 Å². The van der Waals surface area contributed by atoms with Gasteiger partial charge in [-0.3, -0.25) is 19.2 Å². The second-order valence-electron chi connectivity index (χ2n) is 15.2. The molecule has 1 aliphatic heterocycles. The van der Waals surface area contributed by atoms with E-state index in [1.54, 1.807) is 12.0 Å². The second-order valence-corrected chi connectivity index (χ2v) is 15.2. The number of ether oxygens (including phenoxy) is 1. The number of nitrogens with two attached hydrogens (primary N) is 1. The lowest BCUT2D eigenvalue weighted by Gasteiger charge is -2.43. The maximum Gasteiger partial charge on any atom is 0.315 e. The van der Waals surface area contributed by atoms with Crippen LogP contribution in [0.1, 0.15) is 105 Å². The number of nitrogens with one attached hydrogen (secondary N) is 3. The van der Waals surface area contributed by atoms with Crippen LogP contribution < -0.4 is 21.7 Å². The number of amides is 5. The van der Waals surface area contributed by atoms with Crippen molar-refractivity contribution in [3.05, 3.63) is 0 Å². The van der Waals surface area contributed by atoms with E-state index >= 15 is 0 Å². The molecular formula is C33H55N5O6. The van der Waals surface area contributed by atoms with Gasteiger partial charge < -0.3 is 31.3 Å². The highest BCUT2D eigenvalue weighted by Crippen LogP contribution is 2.65. The SMILES string of the molecule is CCC[C@@](C)(COC)NC(=O)N[C@H](C(=O)N1C[C@H]2[C@@H]([C@H]1C(=O)NC(CC1CCC1)C(=O)C(N)=O)C2(C)C)C1(C)CCCCC1. The Labute approximate surface area is 262 Å². The molecule has 1 saturated heterocycles. The molecule has 3 aliphatic carbocycles. The van der Waals surface area contributed by atoms with E-state index in [2.05, 4.69) is 36.7 Å². The zero-order chi connectivity index (χ0) is 32.4. The summed E-state index contributed by atoms with van der Waals surface area (Å²) < 4.78 is 5.39. The standard InChI is InChI=1S/C33H55N5O6/c1-7-14-33(5,19-44-6)37-30(43)36-26(32(4)15-9-8-10-16-32)29(42)38-18-21-23(31(21,2)3)24(38)28(41)35-22(25(39)27(34)40)17-20-12-11-13-20/h20-24,26H,7-19H2,1-6H3,(H2,34,40)(H,35,41)(H2,36,37,43)/t21-,22?,23-,24-,26+,33-/m0/s1. The summed E-state index contributed by atoms with van der Waals surface area (Å²) in [5, 5.41) is 8.97. The molecule has 3 saturated carbocycles. The summed E-state index contributed by atoms with van der Waals surface area (Å²) in [5.41, 5.74) is 4.14. The van der Waals surface area contributed by atoms with Crippen molar-refractivity contribution < 1.29 is 28.7 Å². The van der Waals surface area contributed by atoms with Crippen molar-refractivity contribution >= 4 is 29.5 Å². The molecule has 44 heavy (non-hydrogen) atoms. The van der Waals surface area contributed by atoms with Gasteiger partial charge in [0.1, 0.15) is 12.1 Å². The Morgan fingerprint density at radius 1 is 1.02 bits per heavy atom. The van der Waals surface area contributed by atoms with Gasteiger partial charge >= 0.3 is 6.03 Å². The van der Waals surface area contributed by atoms with Crippen LogP contribution in [0.4, 0.5) is 4.79 Å². The van der Waals surface area contributed by atoms with Crippen LogP contribution in [0.5, 0.6) is 0 Å². The van der Waals surface area contributed by atoms with Crippen molar-refractivity contribution in [3.63, 3.8) is 0 Å². The van der Waals surface area contributed by atoms with E-state index in [1.807, 2.05) is 13.8 Å². The molecule has 5 amide bonds. The minimum atomic E-state index is -1.07. The third-order valence-corrected chi connectivity index (χ3v) is 11.3. The molecule has 11 heteroatoms. The summed E-state index contributed by atoms with van der Waals surface area (Å²) in [4.78, 5) is 68.4. The molecule has 0 aromatic heterocycles. The van der Waals surface area contributed by atoms with E-state index in [1.165, 1.54) is 0 Å². The van der Waals surface area contributed by atoms with Crippen molar-refractivity contribution in [1.29, 1.82) is 0 Å². The molecule has 0 aromatic carbocycles. The number of hydrogen-bond donors (Lipinski definition) is 4. The summed E-state index contributed by atoms with van der Waals surface area (Å²) in [6.07, 6.45) is 9.44. The quantitative estimate of drug-likeness (QED) is 0.219.